The van der Waals surface area contributed by atoms with Crippen LogP contribution in [0.25, 0.3) is 0 Å². The molecule has 0 amide bonds. The summed E-state index contributed by atoms with van der Waals surface area (Å²) < 4.78 is 0. The number of aromatic nitrogens is 1. The number of hydrogen-bond acceptors (Lipinski definition) is 2. The van der Waals surface area contributed by atoms with E-state index < -0.39 is 0 Å². The van der Waals surface area contributed by atoms with Crippen LogP contribution >= 0.6 is 12.2 Å². The van der Waals surface area contributed by atoms with Gasteiger partial charge < -0.3 is 10.6 Å². The molecule has 20 heavy (non-hydrogen) atoms. The molecule has 0 unspecified atom stereocenters. The van der Waals surface area contributed by atoms with Gasteiger partial charge in [0.05, 0.1) is 11.9 Å². The molecule has 0 atom stereocenters. The van der Waals surface area contributed by atoms with E-state index in [2.05, 4.69) is 48.5 Å². The van der Waals surface area contributed by atoms with Gasteiger partial charge in [0.1, 0.15) is 0 Å². The minimum atomic E-state index is 0.617. The van der Waals surface area contributed by atoms with Gasteiger partial charge in [0.25, 0.3) is 0 Å². The third kappa shape index (κ3) is 7.69. The van der Waals surface area contributed by atoms with Crippen LogP contribution in [0.4, 0.5) is 5.69 Å². The van der Waals surface area contributed by atoms with E-state index in [1.165, 1.54) is 11.1 Å². The van der Waals surface area contributed by atoms with Gasteiger partial charge in [-0.1, -0.05) is 23.3 Å². The summed E-state index contributed by atoms with van der Waals surface area (Å²) in [5.41, 5.74) is 3.64. The molecular formula is C16H23N3S. The second kappa shape index (κ2) is 9.26. The van der Waals surface area contributed by atoms with Crippen molar-refractivity contribution >= 4 is 23.0 Å². The van der Waals surface area contributed by atoms with Crippen LogP contribution in [-0.4, -0.2) is 16.6 Å². The number of nitrogens with zero attached hydrogens (tertiary/aromatic N) is 1. The van der Waals surface area contributed by atoms with Gasteiger partial charge in [-0.3, -0.25) is 4.98 Å². The maximum absolute atomic E-state index is 5.22. The second-order valence-corrected chi connectivity index (χ2v) is 5.36. The molecule has 0 aliphatic heterocycles. The monoisotopic (exact) mass is 289 g/mol. The zero-order chi connectivity index (χ0) is 14.8. The molecule has 0 aromatic carbocycles. The summed E-state index contributed by atoms with van der Waals surface area (Å²) in [7, 11) is 0. The Morgan fingerprint density at radius 1 is 1.30 bits per heavy atom. The number of allylic oxidation sites excluding steroid dienone is 3. The van der Waals surface area contributed by atoms with Gasteiger partial charge in [-0.2, -0.15) is 0 Å². The summed E-state index contributed by atoms with van der Waals surface area (Å²) in [6.45, 7) is 7.15. The smallest absolute Gasteiger partial charge is 0.171 e. The highest BCUT2D eigenvalue weighted by atomic mass is 32.1. The van der Waals surface area contributed by atoms with E-state index in [1.807, 2.05) is 12.1 Å². The third-order valence-electron chi connectivity index (χ3n) is 2.72. The minimum absolute atomic E-state index is 0.617. The van der Waals surface area contributed by atoms with E-state index in [0.717, 1.165) is 25.1 Å². The molecule has 108 valence electrons. The van der Waals surface area contributed by atoms with E-state index in [-0.39, 0.29) is 0 Å². The number of hydrogen-bond donors (Lipinski definition) is 2. The molecule has 1 heterocycles. The Bertz CT molecular complexity index is 474. The lowest BCUT2D eigenvalue weighted by atomic mass is 10.1. The lowest BCUT2D eigenvalue weighted by Gasteiger charge is -2.08. The fraction of sp³-hybridized carbons (Fsp3) is 0.375. The van der Waals surface area contributed by atoms with Crippen molar-refractivity contribution in [2.75, 3.05) is 11.9 Å². The summed E-state index contributed by atoms with van der Waals surface area (Å²) in [5, 5.41) is 6.87. The van der Waals surface area contributed by atoms with E-state index in [9.17, 15) is 0 Å². The lowest BCUT2D eigenvalue weighted by molar-refractivity contribution is 0.942. The number of nitrogens with one attached hydrogen (secondary N) is 2. The molecule has 4 heteroatoms. The molecule has 0 saturated heterocycles. The zero-order valence-corrected chi connectivity index (χ0v) is 13.3. The Kier molecular flexibility index (Phi) is 7.58. The van der Waals surface area contributed by atoms with Gasteiger partial charge in [-0.25, -0.2) is 0 Å². The Balaban J connectivity index is 2.25. The van der Waals surface area contributed by atoms with Crippen molar-refractivity contribution in [3.63, 3.8) is 0 Å². The SMILES string of the molecule is CC(C)=CCC/C(C)=C/CNC(=S)Nc1cccnc1. The van der Waals surface area contributed by atoms with Gasteiger partial charge in [0.15, 0.2) is 5.11 Å². The molecule has 0 aliphatic carbocycles. The number of anilines is 1. The van der Waals surface area contributed by atoms with E-state index in [1.54, 1.807) is 12.4 Å². The average molecular weight is 289 g/mol. The number of thiocarbonyl (C=S) groups is 1. The highest BCUT2D eigenvalue weighted by Gasteiger charge is 1.95. The molecule has 0 bridgehead atoms. The van der Waals surface area contributed by atoms with Crippen molar-refractivity contribution in [3.05, 3.63) is 47.8 Å². The van der Waals surface area contributed by atoms with Crippen LogP contribution in [0.5, 0.6) is 0 Å². The topological polar surface area (TPSA) is 37.0 Å². The largest absolute Gasteiger partial charge is 0.359 e. The van der Waals surface area contributed by atoms with Crippen molar-refractivity contribution in [3.8, 4) is 0 Å². The number of rotatable bonds is 6. The van der Waals surface area contributed by atoms with Crippen LogP contribution < -0.4 is 10.6 Å². The Morgan fingerprint density at radius 3 is 2.75 bits per heavy atom. The highest BCUT2D eigenvalue weighted by molar-refractivity contribution is 7.80. The van der Waals surface area contributed by atoms with E-state index in [0.29, 0.717) is 5.11 Å². The summed E-state index contributed by atoms with van der Waals surface area (Å²) in [6, 6.07) is 3.81. The molecule has 0 spiro atoms. The van der Waals surface area contributed by atoms with Crippen LogP contribution in [0.2, 0.25) is 0 Å². The van der Waals surface area contributed by atoms with Gasteiger partial charge in [-0.05, 0) is 58.0 Å². The van der Waals surface area contributed by atoms with Crippen LogP contribution in [0.15, 0.2) is 47.8 Å². The molecule has 1 aromatic heterocycles. The fourth-order valence-electron chi connectivity index (χ4n) is 1.62. The number of pyridine rings is 1. The fourth-order valence-corrected chi connectivity index (χ4v) is 1.82. The standard InChI is InChI=1S/C16H23N3S/c1-13(2)6-4-7-14(3)9-11-18-16(20)19-15-8-5-10-17-12-15/h5-6,8-10,12H,4,7,11H2,1-3H3,(H2,18,19,20)/b14-9+. The predicted molar refractivity (Wildman–Crippen MR) is 90.9 cm³/mol. The van der Waals surface area contributed by atoms with Crippen LogP contribution in [0.3, 0.4) is 0 Å². The van der Waals surface area contributed by atoms with Crippen molar-refractivity contribution in [1.82, 2.24) is 10.3 Å². The van der Waals surface area contributed by atoms with Crippen LogP contribution in [0.1, 0.15) is 33.6 Å². The molecule has 2 N–H and O–H groups in total. The first kappa shape index (κ1) is 16.4. The van der Waals surface area contributed by atoms with E-state index >= 15 is 0 Å². The van der Waals surface area contributed by atoms with Crippen molar-refractivity contribution in [1.29, 1.82) is 0 Å². The summed E-state index contributed by atoms with van der Waals surface area (Å²) in [6.07, 6.45) is 10.1. The highest BCUT2D eigenvalue weighted by Crippen LogP contribution is 2.06. The lowest BCUT2D eigenvalue weighted by Crippen LogP contribution is -2.28. The van der Waals surface area contributed by atoms with Crippen molar-refractivity contribution in [2.45, 2.75) is 33.6 Å². The van der Waals surface area contributed by atoms with Gasteiger partial charge >= 0.3 is 0 Å². The first-order valence-electron chi connectivity index (χ1n) is 6.82. The zero-order valence-electron chi connectivity index (χ0n) is 12.4. The van der Waals surface area contributed by atoms with Crippen molar-refractivity contribution in [2.24, 2.45) is 0 Å². The molecule has 0 fully saturated rings. The quantitative estimate of drug-likeness (QED) is 0.611. The predicted octanol–water partition coefficient (Wildman–Crippen LogP) is 4.06. The molecule has 0 saturated carbocycles. The van der Waals surface area contributed by atoms with Crippen LogP contribution in [0, 0.1) is 0 Å². The first-order chi connectivity index (χ1) is 9.58. The maximum atomic E-state index is 5.22. The van der Waals surface area contributed by atoms with Gasteiger partial charge in [0.2, 0.25) is 0 Å². The van der Waals surface area contributed by atoms with Gasteiger partial charge in [-0.15, -0.1) is 0 Å². The average Bonchev–Trinajstić information content (AvgIpc) is 2.39. The maximum Gasteiger partial charge on any atom is 0.171 e. The summed E-state index contributed by atoms with van der Waals surface area (Å²) in [5.74, 6) is 0. The summed E-state index contributed by atoms with van der Waals surface area (Å²) >= 11 is 5.22. The molecule has 1 rings (SSSR count). The van der Waals surface area contributed by atoms with Crippen molar-refractivity contribution < 1.29 is 0 Å². The third-order valence-corrected chi connectivity index (χ3v) is 2.97. The Labute approximate surface area is 127 Å². The molecular weight excluding hydrogens is 266 g/mol. The van der Waals surface area contributed by atoms with Crippen LogP contribution in [-0.2, 0) is 0 Å². The van der Waals surface area contributed by atoms with Gasteiger partial charge in [0, 0.05) is 12.7 Å². The Morgan fingerprint density at radius 2 is 2.10 bits per heavy atom. The molecule has 0 aliphatic rings. The second-order valence-electron chi connectivity index (χ2n) is 4.95. The molecule has 1 aromatic rings. The summed E-state index contributed by atoms with van der Waals surface area (Å²) in [4.78, 5) is 4.03. The molecule has 3 nitrogen and oxygen atoms in total. The molecule has 0 radical (unpaired) electrons. The van der Waals surface area contributed by atoms with E-state index in [4.69, 9.17) is 12.2 Å². The first-order valence-corrected chi connectivity index (χ1v) is 7.22. The minimum Gasteiger partial charge on any atom is -0.359 e. The normalized spacial score (nSPS) is 10.8. The Hall–Kier alpha value is -1.68.